The van der Waals surface area contributed by atoms with Crippen LogP contribution in [0.2, 0.25) is 0 Å². The highest BCUT2D eigenvalue weighted by Gasteiger charge is 2.09. The minimum atomic E-state index is 0.961. The molecule has 0 atom stereocenters. The molecule has 0 spiro atoms. The number of rotatable bonds is 3. The Morgan fingerprint density at radius 2 is 1.62 bits per heavy atom. The van der Waals surface area contributed by atoms with Gasteiger partial charge in [-0.2, -0.15) is 0 Å². The van der Waals surface area contributed by atoms with E-state index in [1.165, 1.54) is 16.0 Å². The molecule has 0 radical (unpaired) electrons. The molecule has 0 unspecified atom stereocenters. The van der Waals surface area contributed by atoms with Crippen LogP contribution in [-0.4, -0.2) is 9.38 Å². The number of thiazole rings is 1. The zero-order chi connectivity index (χ0) is 14.1. The maximum atomic E-state index is 4.54. The molecule has 2 aromatic carbocycles. The largest absolute Gasteiger partial charge is 0.290 e. The first-order valence-corrected chi connectivity index (χ1v) is 7.77. The molecule has 0 saturated carbocycles. The molecule has 0 N–H and O–H groups in total. The molecule has 0 aliphatic carbocycles. The zero-order valence-corrected chi connectivity index (χ0v) is 12.3. The maximum absolute atomic E-state index is 4.54. The van der Waals surface area contributed by atoms with Crippen molar-refractivity contribution in [3.63, 3.8) is 0 Å². The molecule has 0 saturated heterocycles. The van der Waals surface area contributed by atoms with E-state index in [4.69, 9.17) is 0 Å². The third kappa shape index (κ3) is 2.36. The summed E-state index contributed by atoms with van der Waals surface area (Å²) in [6.45, 7) is 0. The Labute approximate surface area is 127 Å². The van der Waals surface area contributed by atoms with Crippen LogP contribution in [0.15, 0.2) is 73.1 Å². The second-order valence-electron chi connectivity index (χ2n) is 5.02. The van der Waals surface area contributed by atoms with E-state index >= 15 is 0 Å². The van der Waals surface area contributed by atoms with Crippen molar-refractivity contribution in [1.82, 2.24) is 9.38 Å². The average molecular weight is 290 g/mol. The number of fused-ring (bicyclic) bond motifs is 1. The lowest BCUT2D eigenvalue weighted by Crippen LogP contribution is -1.86. The number of hydrogen-bond acceptors (Lipinski definition) is 2. The van der Waals surface area contributed by atoms with Gasteiger partial charge in [-0.05, 0) is 5.56 Å². The molecule has 3 heteroatoms. The first-order chi connectivity index (χ1) is 10.4. The molecule has 0 aliphatic rings. The first kappa shape index (κ1) is 12.4. The molecule has 21 heavy (non-hydrogen) atoms. The van der Waals surface area contributed by atoms with Gasteiger partial charge in [-0.15, -0.1) is 11.3 Å². The van der Waals surface area contributed by atoms with Gasteiger partial charge >= 0.3 is 0 Å². The summed E-state index contributed by atoms with van der Waals surface area (Å²) in [5.41, 5.74) is 3.69. The number of aromatic nitrogens is 2. The fourth-order valence-electron chi connectivity index (χ4n) is 2.53. The Balaban J connectivity index is 1.73. The van der Waals surface area contributed by atoms with Gasteiger partial charge < -0.3 is 0 Å². The highest BCUT2D eigenvalue weighted by Crippen LogP contribution is 2.26. The van der Waals surface area contributed by atoms with Gasteiger partial charge in [0, 0.05) is 23.1 Å². The molecular weight excluding hydrogens is 276 g/mol. The van der Waals surface area contributed by atoms with Gasteiger partial charge in [0.2, 0.25) is 0 Å². The number of nitrogens with zero attached hydrogens (tertiary/aromatic N) is 2. The summed E-state index contributed by atoms with van der Waals surface area (Å²) in [7, 11) is 0. The second-order valence-corrected chi connectivity index (χ2v) is 6.12. The normalized spacial score (nSPS) is 11.0. The highest BCUT2D eigenvalue weighted by atomic mass is 32.1. The van der Waals surface area contributed by atoms with Crippen molar-refractivity contribution in [2.45, 2.75) is 6.42 Å². The molecule has 0 amide bonds. The lowest BCUT2D eigenvalue weighted by Gasteiger charge is -1.99. The van der Waals surface area contributed by atoms with E-state index in [9.17, 15) is 0 Å². The summed E-state index contributed by atoms with van der Waals surface area (Å²) >= 11 is 1.76. The van der Waals surface area contributed by atoms with Crippen LogP contribution in [0.4, 0.5) is 0 Å². The quantitative estimate of drug-likeness (QED) is 0.536. The lowest BCUT2D eigenvalue weighted by molar-refractivity contribution is 1.17. The second kappa shape index (κ2) is 5.19. The molecule has 102 valence electrons. The number of imidazole rings is 1. The molecule has 0 aliphatic heterocycles. The Hall–Kier alpha value is -2.39. The zero-order valence-electron chi connectivity index (χ0n) is 11.4. The van der Waals surface area contributed by atoms with E-state index in [0.717, 1.165) is 17.1 Å². The van der Waals surface area contributed by atoms with Crippen LogP contribution >= 0.6 is 11.3 Å². The maximum Gasteiger partial charge on any atom is 0.194 e. The Bertz CT molecular complexity index is 860. The summed E-state index contributed by atoms with van der Waals surface area (Å²) in [4.78, 5) is 6.93. The summed E-state index contributed by atoms with van der Waals surface area (Å²) in [6.07, 6.45) is 5.12. The van der Waals surface area contributed by atoms with Gasteiger partial charge in [-0.3, -0.25) is 4.40 Å². The number of hydrogen-bond donors (Lipinski definition) is 0. The van der Waals surface area contributed by atoms with Crippen molar-refractivity contribution in [3.8, 4) is 11.3 Å². The lowest BCUT2D eigenvalue weighted by atomic mass is 10.1. The molecule has 2 heterocycles. The van der Waals surface area contributed by atoms with Gasteiger partial charge in [0.05, 0.1) is 11.9 Å². The highest BCUT2D eigenvalue weighted by molar-refractivity contribution is 7.17. The predicted octanol–water partition coefficient (Wildman–Crippen LogP) is 4.65. The van der Waals surface area contributed by atoms with Crippen LogP contribution < -0.4 is 0 Å². The van der Waals surface area contributed by atoms with E-state index in [0.29, 0.717) is 0 Å². The van der Waals surface area contributed by atoms with Gasteiger partial charge in [-0.25, -0.2) is 4.98 Å². The van der Waals surface area contributed by atoms with Gasteiger partial charge in [0.25, 0.3) is 0 Å². The predicted molar refractivity (Wildman–Crippen MR) is 87.8 cm³/mol. The fourth-order valence-corrected chi connectivity index (χ4v) is 3.52. The average Bonchev–Trinajstić information content (AvgIpc) is 3.09. The summed E-state index contributed by atoms with van der Waals surface area (Å²) in [6, 6.07) is 21.0. The molecule has 4 aromatic rings. The molecule has 4 rings (SSSR count). The first-order valence-electron chi connectivity index (χ1n) is 6.95. The third-order valence-electron chi connectivity index (χ3n) is 3.55. The Morgan fingerprint density at radius 1 is 0.905 bits per heavy atom. The summed E-state index contributed by atoms with van der Waals surface area (Å²) in [5, 5.41) is 0. The van der Waals surface area contributed by atoms with Crippen LogP contribution in [0.25, 0.3) is 16.2 Å². The van der Waals surface area contributed by atoms with Gasteiger partial charge in [0.1, 0.15) is 0 Å². The molecule has 2 nitrogen and oxygen atoms in total. The van der Waals surface area contributed by atoms with Gasteiger partial charge in [-0.1, -0.05) is 60.7 Å². The van der Waals surface area contributed by atoms with E-state index < -0.39 is 0 Å². The van der Waals surface area contributed by atoms with Crippen LogP contribution in [-0.2, 0) is 6.42 Å². The summed E-state index contributed by atoms with van der Waals surface area (Å²) < 4.78 is 2.19. The van der Waals surface area contributed by atoms with E-state index in [1.807, 2.05) is 12.3 Å². The smallest absolute Gasteiger partial charge is 0.194 e. The minimum Gasteiger partial charge on any atom is -0.290 e. The fraction of sp³-hybridized carbons (Fsp3) is 0.0556. The monoisotopic (exact) mass is 290 g/mol. The standard InChI is InChI=1S/C18H14N2S/c1-3-7-14(8-4-1)11-16-13-20-17(12-19-18(20)21-16)15-9-5-2-6-10-15/h1-10,12-13H,11H2. The molecule has 0 bridgehead atoms. The van der Waals surface area contributed by atoms with E-state index in [1.54, 1.807) is 11.3 Å². The topological polar surface area (TPSA) is 17.3 Å². The van der Waals surface area contributed by atoms with Crippen LogP contribution in [0.1, 0.15) is 10.4 Å². The van der Waals surface area contributed by atoms with E-state index in [2.05, 4.69) is 70.2 Å². The number of benzene rings is 2. The Morgan fingerprint density at radius 3 is 2.38 bits per heavy atom. The SMILES string of the molecule is c1ccc(Cc2cn3c(-c4ccccc4)cnc3s2)cc1. The van der Waals surface area contributed by atoms with Crippen LogP contribution in [0, 0.1) is 0 Å². The minimum absolute atomic E-state index is 0.961. The van der Waals surface area contributed by atoms with Crippen molar-refractivity contribution in [1.29, 1.82) is 0 Å². The van der Waals surface area contributed by atoms with Crippen molar-refractivity contribution in [2.75, 3.05) is 0 Å². The molecule has 2 aromatic heterocycles. The third-order valence-corrected chi connectivity index (χ3v) is 4.55. The summed E-state index contributed by atoms with van der Waals surface area (Å²) in [5.74, 6) is 0. The van der Waals surface area contributed by atoms with Crippen LogP contribution in [0.5, 0.6) is 0 Å². The van der Waals surface area contributed by atoms with Crippen LogP contribution in [0.3, 0.4) is 0 Å². The van der Waals surface area contributed by atoms with Crippen molar-refractivity contribution < 1.29 is 0 Å². The van der Waals surface area contributed by atoms with E-state index in [-0.39, 0.29) is 0 Å². The Kier molecular flexibility index (Phi) is 3.05. The van der Waals surface area contributed by atoms with Crippen molar-refractivity contribution >= 4 is 16.3 Å². The van der Waals surface area contributed by atoms with Crippen molar-refractivity contribution in [3.05, 3.63) is 83.5 Å². The molecule has 0 fully saturated rings. The van der Waals surface area contributed by atoms with Gasteiger partial charge in [0.15, 0.2) is 4.96 Å². The molecular formula is C18H14N2S. The van der Waals surface area contributed by atoms with Crippen molar-refractivity contribution in [2.24, 2.45) is 0 Å².